The fourth-order valence-corrected chi connectivity index (χ4v) is 2.17. The fourth-order valence-electron chi connectivity index (χ4n) is 2.17. The van der Waals surface area contributed by atoms with E-state index < -0.39 is 11.4 Å². The number of nitrogens with zero attached hydrogens (tertiary/aromatic N) is 3. The van der Waals surface area contributed by atoms with Gasteiger partial charge in [0, 0.05) is 6.20 Å². The van der Waals surface area contributed by atoms with Crippen molar-refractivity contribution in [1.29, 1.82) is 5.26 Å². The quantitative estimate of drug-likeness (QED) is 0.747. The van der Waals surface area contributed by atoms with E-state index in [1.807, 2.05) is 12.1 Å². The zero-order valence-corrected chi connectivity index (χ0v) is 10.3. The molecule has 1 saturated heterocycles. The van der Waals surface area contributed by atoms with Gasteiger partial charge in [-0.15, -0.1) is 0 Å². The summed E-state index contributed by atoms with van der Waals surface area (Å²) in [7, 11) is 1.31. The summed E-state index contributed by atoms with van der Waals surface area (Å²) in [5.41, 5.74) is 0.0711. The minimum Gasteiger partial charge on any atom is -0.464 e. The van der Waals surface area contributed by atoms with Gasteiger partial charge in [-0.25, -0.2) is 9.78 Å². The van der Waals surface area contributed by atoms with Crippen LogP contribution in [0.1, 0.15) is 16.3 Å². The van der Waals surface area contributed by atoms with Gasteiger partial charge in [-0.2, -0.15) is 5.26 Å². The van der Waals surface area contributed by atoms with Crippen LogP contribution in [0.5, 0.6) is 0 Å². The van der Waals surface area contributed by atoms with Crippen molar-refractivity contribution in [3.63, 3.8) is 0 Å². The van der Waals surface area contributed by atoms with E-state index in [2.05, 4.69) is 11.1 Å². The van der Waals surface area contributed by atoms with Crippen LogP contribution >= 0.6 is 0 Å². The smallest absolute Gasteiger partial charge is 0.358 e. The Hall–Kier alpha value is -2.39. The van der Waals surface area contributed by atoms with E-state index in [9.17, 15) is 10.1 Å². The molecule has 0 bridgehead atoms. The van der Waals surface area contributed by atoms with Gasteiger partial charge in [-0.1, -0.05) is 6.07 Å². The third-order valence-electron chi connectivity index (χ3n) is 3.27. The minimum absolute atomic E-state index is 0.222. The summed E-state index contributed by atoms with van der Waals surface area (Å²) >= 11 is 0. The van der Waals surface area contributed by atoms with Crippen LogP contribution in [0.3, 0.4) is 0 Å². The molecule has 6 nitrogen and oxygen atoms in total. The number of imidazole rings is 1. The molecule has 1 fully saturated rings. The summed E-state index contributed by atoms with van der Waals surface area (Å²) < 4.78 is 11.6. The summed E-state index contributed by atoms with van der Waals surface area (Å²) in [5, 5.41) is 9.35. The van der Waals surface area contributed by atoms with E-state index in [1.54, 1.807) is 16.7 Å². The van der Waals surface area contributed by atoms with Crippen LogP contribution in [-0.4, -0.2) is 35.7 Å². The molecule has 0 atom stereocenters. The van der Waals surface area contributed by atoms with Gasteiger partial charge in [0.2, 0.25) is 0 Å². The first-order valence-electron chi connectivity index (χ1n) is 5.77. The van der Waals surface area contributed by atoms with Crippen molar-refractivity contribution in [2.24, 2.45) is 0 Å². The van der Waals surface area contributed by atoms with Crippen LogP contribution in [-0.2, 0) is 14.9 Å². The highest BCUT2D eigenvalue weighted by atomic mass is 16.5. The topological polar surface area (TPSA) is 76.6 Å². The Labute approximate surface area is 109 Å². The molecule has 0 unspecified atom stereocenters. The second kappa shape index (κ2) is 4.07. The van der Waals surface area contributed by atoms with Crippen LogP contribution in [0.25, 0.3) is 5.52 Å². The van der Waals surface area contributed by atoms with Crippen LogP contribution < -0.4 is 0 Å². The van der Waals surface area contributed by atoms with E-state index in [0.29, 0.717) is 11.3 Å². The second-order valence-electron chi connectivity index (χ2n) is 4.42. The van der Waals surface area contributed by atoms with Crippen LogP contribution in [0.4, 0.5) is 0 Å². The molecular weight excluding hydrogens is 246 g/mol. The number of esters is 1. The zero-order valence-electron chi connectivity index (χ0n) is 10.3. The maximum atomic E-state index is 11.8. The summed E-state index contributed by atoms with van der Waals surface area (Å²) in [5.74, 6) is 0.0144. The molecule has 6 heteroatoms. The van der Waals surface area contributed by atoms with Gasteiger partial charge in [-0.05, 0) is 12.1 Å². The Balaban J connectivity index is 2.27. The Morgan fingerprint density at radius 2 is 2.37 bits per heavy atom. The molecule has 0 radical (unpaired) electrons. The highest BCUT2D eigenvalue weighted by molar-refractivity contribution is 5.95. The molecule has 0 aromatic carbocycles. The van der Waals surface area contributed by atoms with Crippen molar-refractivity contribution >= 4 is 11.5 Å². The molecule has 2 aromatic heterocycles. The lowest BCUT2D eigenvalue weighted by molar-refractivity contribution is -0.0342. The molecule has 1 aliphatic rings. The summed E-state index contributed by atoms with van der Waals surface area (Å²) in [6.07, 6.45) is 1.78. The van der Waals surface area contributed by atoms with Gasteiger partial charge in [0.05, 0.1) is 31.9 Å². The van der Waals surface area contributed by atoms with E-state index in [4.69, 9.17) is 9.47 Å². The molecule has 3 rings (SSSR count). The number of pyridine rings is 1. The molecule has 0 saturated carbocycles. The van der Waals surface area contributed by atoms with Crippen molar-refractivity contribution in [3.05, 3.63) is 35.9 Å². The van der Waals surface area contributed by atoms with Gasteiger partial charge in [0.25, 0.3) is 0 Å². The molecule has 0 amide bonds. The maximum absolute atomic E-state index is 11.8. The standard InChI is InChI=1S/C13H11N3O3/c1-18-11(17)10-9-4-2-3-5-16(9)12(15-10)13(6-14)7-19-8-13/h2-5H,7-8H2,1H3. The van der Waals surface area contributed by atoms with Crippen LogP contribution in [0, 0.1) is 11.3 Å². The Morgan fingerprint density at radius 3 is 2.95 bits per heavy atom. The number of methoxy groups -OCH3 is 1. The molecule has 0 aliphatic carbocycles. The molecule has 96 valence electrons. The Bertz CT molecular complexity index is 695. The van der Waals surface area contributed by atoms with Crippen LogP contribution in [0.15, 0.2) is 24.4 Å². The average Bonchev–Trinajstić information content (AvgIpc) is 2.78. The number of hydrogen-bond acceptors (Lipinski definition) is 5. The highest BCUT2D eigenvalue weighted by Crippen LogP contribution is 2.32. The zero-order chi connectivity index (χ0) is 13.5. The normalized spacial score (nSPS) is 16.6. The predicted molar refractivity (Wildman–Crippen MR) is 64.6 cm³/mol. The molecule has 1 aliphatic heterocycles. The number of nitriles is 1. The van der Waals surface area contributed by atoms with Gasteiger partial charge in [0.1, 0.15) is 5.82 Å². The molecule has 2 aromatic rings. The Morgan fingerprint density at radius 1 is 1.58 bits per heavy atom. The molecular formula is C13H11N3O3. The molecule has 3 heterocycles. The van der Waals surface area contributed by atoms with Crippen molar-refractivity contribution in [2.45, 2.75) is 5.41 Å². The van der Waals surface area contributed by atoms with Crippen LogP contribution in [0.2, 0.25) is 0 Å². The van der Waals surface area contributed by atoms with E-state index in [1.165, 1.54) is 7.11 Å². The van der Waals surface area contributed by atoms with E-state index in [0.717, 1.165) is 0 Å². The minimum atomic E-state index is -0.781. The van der Waals surface area contributed by atoms with E-state index >= 15 is 0 Å². The van der Waals surface area contributed by atoms with Crippen molar-refractivity contribution in [1.82, 2.24) is 9.38 Å². The average molecular weight is 257 g/mol. The fraction of sp³-hybridized carbons (Fsp3) is 0.308. The number of ether oxygens (including phenoxy) is 2. The summed E-state index contributed by atoms with van der Waals surface area (Å²) in [6, 6.07) is 7.64. The summed E-state index contributed by atoms with van der Waals surface area (Å²) in [4.78, 5) is 16.1. The second-order valence-corrected chi connectivity index (χ2v) is 4.42. The number of rotatable bonds is 2. The first-order chi connectivity index (χ1) is 9.22. The van der Waals surface area contributed by atoms with E-state index in [-0.39, 0.29) is 18.9 Å². The van der Waals surface area contributed by atoms with Gasteiger partial charge in [0.15, 0.2) is 11.1 Å². The maximum Gasteiger partial charge on any atom is 0.358 e. The predicted octanol–water partition coefficient (Wildman–Crippen LogP) is 0.912. The Kier molecular flexibility index (Phi) is 2.50. The molecule has 0 N–H and O–H groups in total. The number of carbonyl (C=O) groups is 1. The van der Waals surface area contributed by atoms with Crippen molar-refractivity contribution in [2.75, 3.05) is 20.3 Å². The lowest BCUT2D eigenvalue weighted by Gasteiger charge is -2.33. The third-order valence-corrected chi connectivity index (χ3v) is 3.27. The van der Waals surface area contributed by atoms with Gasteiger partial charge >= 0.3 is 5.97 Å². The molecule has 0 spiro atoms. The third kappa shape index (κ3) is 1.52. The lowest BCUT2D eigenvalue weighted by Crippen LogP contribution is -2.46. The van der Waals surface area contributed by atoms with Crippen molar-refractivity contribution in [3.8, 4) is 6.07 Å². The highest BCUT2D eigenvalue weighted by Gasteiger charge is 2.45. The molecule has 19 heavy (non-hydrogen) atoms. The van der Waals surface area contributed by atoms with Gasteiger partial charge in [-0.3, -0.25) is 0 Å². The van der Waals surface area contributed by atoms with Gasteiger partial charge < -0.3 is 13.9 Å². The SMILES string of the molecule is COC(=O)c1nc(C2(C#N)COC2)n2ccccc12. The lowest BCUT2D eigenvalue weighted by atomic mass is 9.87. The number of aromatic nitrogens is 2. The van der Waals surface area contributed by atoms with Crippen molar-refractivity contribution < 1.29 is 14.3 Å². The number of fused-ring (bicyclic) bond motifs is 1. The number of hydrogen-bond donors (Lipinski definition) is 0. The monoisotopic (exact) mass is 257 g/mol. The first-order valence-corrected chi connectivity index (χ1v) is 5.77. The largest absolute Gasteiger partial charge is 0.464 e. The number of carbonyl (C=O) groups excluding carboxylic acids is 1. The first kappa shape index (κ1) is 11.7. The summed E-state index contributed by atoms with van der Waals surface area (Å²) in [6.45, 7) is 0.580.